The summed E-state index contributed by atoms with van der Waals surface area (Å²) in [5.41, 5.74) is 6.23. The fourth-order valence-electron chi connectivity index (χ4n) is 1.41. The van der Waals surface area contributed by atoms with Gasteiger partial charge in [0.1, 0.15) is 10.7 Å². The number of rotatable bonds is 5. The maximum absolute atomic E-state index is 11.6. The van der Waals surface area contributed by atoms with Gasteiger partial charge in [-0.15, -0.1) is 5.10 Å². The van der Waals surface area contributed by atoms with Crippen molar-refractivity contribution in [1.82, 2.24) is 10.2 Å². The summed E-state index contributed by atoms with van der Waals surface area (Å²) >= 11 is 4.84. The second-order valence-corrected chi connectivity index (χ2v) is 4.27. The molecule has 0 bridgehead atoms. The van der Waals surface area contributed by atoms with Crippen molar-refractivity contribution in [2.45, 2.75) is 0 Å². The van der Waals surface area contributed by atoms with Crippen LogP contribution in [0.2, 0.25) is 0 Å². The fourth-order valence-corrected chi connectivity index (χ4v) is 1.55. The Bertz CT molecular complexity index is 602. The summed E-state index contributed by atoms with van der Waals surface area (Å²) in [5.74, 6) is 0.619. The molecule has 7 heteroatoms. The van der Waals surface area contributed by atoms with Crippen LogP contribution in [0.4, 0.5) is 5.82 Å². The lowest BCUT2D eigenvalue weighted by Gasteiger charge is -2.07. The summed E-state index contributed by atoms with van der Waals surface area (Å²) < 4.78 is 5.33. The molecule has 1 aromatic carbocycles. The number of aromatic nitrogens is 2. The first-order chi connectivity index (χ1) is 9.65. The highest BCUT2D eigenvalue weighted by Crippen LogP contribution is 2.12. The summed E-state index contributed by atoms with van der Waals surface area (Å²) in [6.07, 6.45) is 1.52. The first-order valence-electron chi connectivity index (χ1n) is 5.75. The van der Waals surface area contributed by atoms with Gasteiger partial charge in [-0.05, 0) is 36.4 Å². The minimum absolute atomic E-state index is 0.122. The molecular formula is C13H12N4O2S. The van der Waals surface area contributed by atoms with E-state index in [4.69, 9.17) is 22.7 Å². The van der Waals surface area contributed by atoms with Crippen LogP contribution < -0.4 is 15.8 Å². The van der Waals surface area contributed by atoms with Gasteiger partial charge in [0, 0.05) is 11.8 Å². The van der Waals surface area contributed by atoms with Crippen LogP contribution in [0.25, 0.3) is 0 Å². The number of nitrogens with one attached hydrogen (secondary N) is 1. The number of hydrogen-bond donors (Lipinski definition) is 2. The normalized spacial score (nSPS) is 9.80. The van der Waals surface area contributed by atoms with Crippen molar-refractivity contribution in [2.24, 2.45) is 5.73 Å². The van der Waals surface area contributed by atoms with E-state index in [-0.39, 0.29) is 12.5 Å². The minimum Gasteiger partial charge on any atom is -0.484 e. The molecule has 6 nitrogen and oxygen atoms in total. The van der Waals surface area contributed by atoms with Crippen molar-refractivity contribution in [3.05, 3.63) is 48.2 Å². The molecule has 0 unspecified atom stereocenters. The largest absolute Gasteiger partial charge is 0.484 e. The zero-order valence-electron chi connectivity index (χ0n) is 10.4. The molecule has 3 N–H and O–H groups in total. The van der Waals surface area contributed by atoms with E-state index in [0.29, 0.717) is 16.6 Å². The summed E-state index contributed by atoms with van der Waals surface area (Å²) in [6, 6.07) is 10.2. The minimum atomic E-state index is -0.316. The molecule has 1 amide bonds. The highest BCUT2D eigenvalue weighted by Gasteiger charge is 2.05. The molecule has 0 saturated carbocycles. The zero-order chi connectivity index (χ0) is 14.4. The third-order valence-corrected chi connectivity index (χ3v) is 2.58. The van der Waals surface area contributed by atoms with Crippen molar-refractivity contribution in [3.8, 4) is 5.75 Å². The van der Waals surface area contributed by atoms with Gasteiger partial charge in [0.05, 0.1) is 0 Å². The van der Waals surface area contributed by atoms with Gasteiger partial charge in [-0.1, -0.05) is 12.2 Å². The molecule has 20 heavy (non-hydrogen) atoms. The first kappa shape index (κ1) is 13.9. The van der Waals surface area contributed by atoms with Gasteiger partial charge < -0.3 is 15.8 Å². The molecule has 0 aliphatic rings. The smallest absolute Gasteiger partial charge is 0.263 e. The number of benzene rings is 1. The molecule has 1 heterocycles. The number of nitrogens with zero attached hydrogens (tertiary/aromatic N) is 2. The third-order valence-electron chi connectivity index (χ3n) is 2.35. The van der Waals surface area contributed by atoms with Crippen molar-refractivity contribution in [3.63, 3.8) is 0 Å². The lowest BCUT2D eigenvalue weighted by molar-refractivity contribution is -0.118. The van der Waals surface area contributed by atoms with Gasteiger partial charge in [-0.2, -0.15) is 5.10 Å². The molecule has 0 spiro atoms. The lowest BCUT2D eigenvalue weighted by Crippen LogP contribution is -2.20. The van der Waals surface area contributed by atoms with Crippen LogP contribution in [-0.4, -0.2) is 27.7 Å². The van der Waals surface area contributed by atoms with E-state index < -0.39 is 0 Å². The Kier molecular flexibility index (Phi) is 4.56. The molecule has 1 aromatic heterocycles. The number of hydrogen-bond acceptors (Lipinski definition) is 5. The van der Waals surface area contributed by atoms with Crippen LogP contribution in [0.3, 0.4) is 0 Å². The summed E-state index contributed by atoms with van der Waals surface area (Å²) in [4.78, 5) is 11.9. The summed E-state index contributed by atoms with van der Waals surface area (Å²) in [7, 11) is 0. The Labute approximate surface area is 121 Å². The van der Waals surface area contributed by atoms with Gasteiger partial charge >= 0.3 is 0 Å². The molecule has 0 fully saturated rings. The van der Waals surface area contributed by atoms with Crippen LogP contribution in [-0.2, 0) is 4.79 Å². The van der Waals surface area contributed by atoms with E-state index in [0.717, 1.165) is 5.56 Å². The number of anilines is 1. The Hall–Kier alpha value is -2.54. The van der Waals surface area contributed by atoms with Crippen molar-refractivity contribution >= 4 is 28.9 Å². The zero-order valence-corrected chi connectivity index (χ0v) is 11.3. The number of nitrogens with two attached hydrogens (primary N) is 1. The van der Waals surface area contributed by atoms with E-state index in [1.165, 1.54) is 6.20 Å². The predicted molar refractivity (Wildman–Crippen MR) is 78.5 cm³/mol. The van der Waals surface area contributed by atoms with E-state index >= 15 is 0 Å². The first-order valence-corrected chi connectivity index (χ1v) is 6.16. The summed E-state index contributed by atoms with van der Waals surface area (Å²) in [5, 5.41) is 9.96. The molecule has 102 valence electrons. The third kappa shape index (κ3) is 3.99. The molecule has 2 aromatic rings. The summed E-state index contributed by atoms with van der Waals surface area (Å²) in [6.45, 7) is -0.122. The fraction of sp³-hybridized carbons (Fsp3) is 0.0769. The Morgan fingerprint density at radius 2 is 2.05 bits per heavy atom. The number of ether oxygens (including phenoxy) is 1. The van der Waals surface area contributed by atoms with Crippen LogP contribution in [0.15, 0.2) is 42.6 Å². The number of amides is 1. The molecular weight excluding hydrogens is 276 g/mol. The van der Waals surface area contributed by atoms with Gasteiger partial charge in [0.25, 0.3) is 5.91 Å². The average molecular weight is 288 g/mol. The Balaban J connectivity index is 1.85. The molecule has 0 radical (unpaired) electrons. The topological polar surface area (TPSA) is 90.1 Å². The highest BCUT2D eigenvalue weighted by atomic mass is 32.1. The van der Waals surface area contributed by atoms with Gasteiger partial charge in [-0.3, -0.25) is 4.79 Å². The maximum atomic E-state index is 11.6. The molecule has 0 atom stereocenters. The second kappa shape index (κ2) is 6.58. The van der Waals surface area contributed by atoms with Gasteiger partial charge in [-0.25, -0.2) is 0 Å². The second-order valence-electron chi connectivity index (χ2n) is 3.83. The van der Waals surface area contributed by atoms with E-state index in [9.17, 15) is 4.79 Å². The Morgan fingerprint density at radius 3 is 2.65 bits per heavy atom. The van der Waals surface area contributed by atoms with Crippen LogP contribution in [0.1, 0.15) is 5.56 Å². The quantitative estimate of drug-likeness (QED) is 0.802. The maximum Gasteiger partial charge on any atom is 0.263 e. The number of carbonyl (C=O) groups excluding carboxylic acids is 1. The molecule has 0 saturated heterocycles. The number of carbonyl (C=O) groups is 1. The molecule has 2 rings (SSSR count). The molecule has 0 aliphatic heterocycles. The van der Waals surface area contributed by atoms with Crippen molar-refractivity contribution < 1.29 is 9.53 Å². The van der Waals surface area contributed by atoms with Gasteiger partial charge in [0.15, 0.2) is 12.4 Å². The monoisotopic (exact) mass is 288 g/mol. The highest BCUT2D eigenvalue weighted by molar-refractivity contribution is 7.80. The number of thiocarbonyl (C=S) groups is 1. The average Bonchev–Trinajstić information content (AvgIpc) is 2.46. The van der Waals surface area contributed by atoms with Crippen LogP contribution in [0, 0.1) is 0 Å². The molecule has 0 aliphatic carbocycles. The van der Waals surface area contributed by atoms with E-state index in [1.54, 1.807) is 36.4 Å². The van der Waals surface area contributed by atoms with Gasteiger partial charge in [0.2, 0.25) is 0 Å². The van der Waals surface area contributed by atoms with Crippen LogP contribution >= 0.6 is 12.2 Å². The van der Waals surface area contributed by atoms with E-state index in [1.807, 2.05) is 0 Å². The van der Waals surface area contributed by atoms with Crippen LogP contribution in [0.5, 0.6) is 5.75 Å². The SMILES string of the molecule is NC(=S)c1ccc(OCC(=O)Nc2cccnn2)cc1. The lowest BCUT2D eigenvalue weighted by atomic mass is 10.2. The van der Waals surface area contributed by atoms with Crippen molar-refractivity contribution in [1.29, 1.82) is 0 Å². The standard InChI is InChI=1S/C13H12N4O2S/c14-13(20)9-3-5-10(6-4-9)19-8-12(18)16-11-2-1-7-15-17-11/h1-7H,8H2,(H2,14,20)(H,16,17,18). The van der Waals surface area contributed by atoms with E-state index in [2.05, 4.69) is 15.5 Å². The predicted octanol–water partition coefficient (Wildman–Crippen LogP) is 1.13. The Morgan fingerprint density at radius 1 is 1.30 bits per heavy atom. The van der Waals surface area contributed by atoms with Crippen molar-refractivity contribution in [2.75, 3.05) is 11.9 Å².